The Kier molecular flexibility index (Phi) is 3.59. The summed E-state index contributed by atoms with van der Waals surface area (Å²) < 4.78 is 13.2. The molecule has 0 aromatic heterocycles. The minimum Gasteiger partial charge on any atom is -0.487 e. The molecule has 3 rings (SSSR count). The molecule has 2 aliphatic rings. The number of benzene rings is 1. The van der Waals surface area contributed by atoms with Gasteiger partial charge in [-0.15, -0.1) is 0 Å². The normalized spacial score (nSPS) is 36.5. The molecule has 2 heterocycles. The Morgan fingerprint density at radius 1 is 1.45 bits per heavy atom. The fraction of sp³-hybridized carbons (Fsp3) is 0.625. The molecular weight excluding hydrogens is 320 g/mol. The van der Waals surface area contributed by atoms with Crippen molar-refractivity contribution in [3.8, 4) is 5.75 Å². The predicted molar refractivity (Wildman–Crippen MR) is 81.0 cm³/mol. The van der Waals surface area contributed by atoms with Crippen LogP contribution in [0.25, 0.3) is 0 Å². The van der Waals surface area contributed by atoms with Crippen LogP contribution in [0, 0.1) is 0 Å². The maximum absolute atomic E-state index is 10.5. The van der Waals surface area contributed by atoms with Crippen molar-refractivity contribution < 1.29 is 14.6 Å². The van der Waals surface area contributed by atoms with Crippen molar-refractivity contribution in [1.29, 1.82) is 0 Å². The molecule has 0 bridgehead atoms. The van der Waals surface area contributed by atoms with Crippen LogP contribution in [-0.2, 0) is 4.74 Å². The Hall–Kier alpha value is -0.580. The second kappa shape index (κ2) is 5.00. The summed E-state index contributed by atoms with van der Waals surface area (Å²) in [5, 5.41) is 10.5. The summed E-state index contributed by atoms with van der Waals surface area (Å²) in [4.78, 5) is 0. The molecule has 4 heteroatoms. The van der Waals surface area contributed by atoms with Gasteiger partial charge in [-0.1, -0.05) is 28.9 Å². The molecule has 1 aromatic carbocycles. The molecule has 1 spiro atoms. The van der Waals surface area contributed by atoms with E-state index in [9.17, 15) is 5.11 Å². The summed E-state index contributed by atoms with van der Waals surface area (Å²) in [7, 11) is 0. The van der Waals surface area contributed by atoms with Gasteiger partial charge >= 0.3 is 0 Å². The number of hydrogen-bond donors (Lipinski definition) is 1. The van der Waals surface area contributed by atoms with Gasteiger partial charge in [-0.3, -0.25) is 0 Å². The van der Waals surface area contributed by atoms with Crippen LogP contribution in [0.5, 0.6) is 5.75 Å². The van der Waals surface area contributed by atoms with Crippen LogP contribution in [0.15, 0.2) is 22.7 Å². The Balaban J connectivity index is 1.93. The maximum Gasteiger partial charge on any atom is 0.127 e. The number of hydrogen-bond acceptors (Lipinski definition) is 3. The molecule has 110 valence electrons. The van der Waals surface area contributed by atoms with Crippen molar-refractivity contribution in [2.24, 2.45) is 0 Å². The van der Waals surface area contributed by atoms with E-state index in [-0.39, 0.29) is 11.2 Å². The van der Waals surface area contributed by atoms with Crippen LogP contribution in [0.4, 0.5) is 0 Å². The first kappa shape index (κ1) is 14.4. The maximum atomic E-state index is 10.5. The standard InChI is InChI=1S/C16H21BrO3/c1-3-15(2)10-16(6-7-19-15)9-13(18)12-5-4-11(17)8-14(12)20-16/h4-5,8,13,18H,3,6-7,9-10H2,1-2H3/t13-,15?,16?/m0/s1. The fourth-order valence-electron chi connectivity index (χ4n) is 3.40. The predicted octanol–water partition coefficient (Wildman–Crippen LogP) is 3.98. The number of aliphatic hydroxyl groups is 1. The number of aliphatic hydroxyl groups excluding tert-OH is 1. The quantitative estimate of drug-likeness (QED) is 0.840. The van der Waals surface area contributed by atoms with E-state index in [4.69, 9.17) is 9.47 Å². The summed E-state index contributed by atoms with van der Waals surface area (Å²) in [6, 6.07) is 5.84. The highest BCUT2D eigenvalue weighted by molar-refractivity contribution is 9.10. The lowest BCUT2D eigenvalue weighted by Gasteiger charge is -2.49. The molecule has 1 N–H and O–H groups in total. The molecule has 3 atom stereocenters. The smallest absolute Gasteiger partial charge is 0.127 e. The third kappa shape index (κ3) is 2.49. The topological polar surface area (TPSA) is 38.7 Å². The van der Waals surface area contributed by atoms with Crippen LogP contribution >= 0.6 is 15.9 Å². The van der Waals surface area contributed by atoms with Gasteiger partial charge in [0.2, 0.25) is 0 Å². The Bertz CT molecular complexity index is 518. The van der Waals surface area contributed by atoms with Crippen LogP contribution < -0.4 is 4.74 Å². The van der Waals surface area contributed by atoms with Gasteiger partial charge in [-0.25, -0.2) is 0 Å². The average Bonchev–Trinajstić information content (AvgIpc) is 2.37. The van der Waals surface area contributed by atoms with Crippen molar-refractivity contribution in [1.82, 2.24) is 0 Å². The van der Waals surface area contributed by atoms with Gasteiger partial charge in [0.05, 0.1) is 18.3 Å². The van der Waals surface area contributed by atoms with E-state index in [1.165, 1.54) is 0 Å². The van der Waals surface area contributed by atoms with E-state index in [1.54, 1.807) is 0 Å². The molecule has 3 nitrogen and oxygen atoms in total. The van der Waals surface area contributed by atoms with Crippen molar-refractivity contribution in [3.63, 3.8) is 0 Å². The summed E-state index contributed by atoms with van der Waals surface area (Å²) in [5.74, 6) is 0.804. The monoisotopic (exact) mass is 340 g/mol. The van der Waals surface area contributed by atoms with Gasteiger partial charge in [0, 0.05) is 29.3 Å². The van der Waals surface area contributed by atoms with Crippen LogP contribution in [0.3, 0.4) is 0 Å². The van der Waals surface area contributed by atoms with E-state index in [1.807, 2.05) is 18.2 Å². The molecule has 0 saturated carbocycles. The van der Waals surface area contributed by atoms with Crippen molar-refractivity contribution in [2.75, 3.05) is 6.61 Å². The lowest BCUT2D eigenvalue weighted by molar-refractivity contribution is -0.160. The van der Waals surface area contributed by atoms with Gasteiger partial charge in [-0.05, 0) is 25.5 Å². The molecular formula is C16H21BrO3. The van der Waals surface area contributed by atoms with E-state index >= 15 is 0 Å². The molecule has 1 aromatic rings. The zero-order chi connectivity index (χ0) is 14.4. The lowest BCUT2D eigenvalue weighted by atomic mass is 9.76. The largest absolute Gasteiger partial charge is 0.487 e. The van der Waals surface area contributed by atoms with Crippen molar-refractivity contribution >= 4 is 15.9 Å². The van der Waals surface area contributed by atoms with Crippen LogP contribution in [-0.4, -0.2) is 22.9 Å². The molecule has 0 amide bonds. The van der Waals surface area contributed by atoms with E-state index < -0.39 is 6.10 Å². The number of rotatable bonds is 1. The van der Waals surface area contributed by atoms with E-state index in [0.29, 0.717) is 13.0 Å². The van der Waals surface area contributed by atoms with Crippen molar-refractivity contribution in [2.45, 2.75) is 56.8 Å². The van der Waals surface area contributed by atoms with Gasteiger partial charge < -0.3 is 14.6 Å². The first-order valence-corrected chi connectivity index (χ1v) is 8.05. The van der Waals surface area contributed by atoms with Gasteiger partial charge in [0.15, 0.2) is 0 Å². The first-order valence-electron chi connectivity index (χ1n) is 7.26. The molecule has 0 aliphatic carbocycles. The van der Waals surface area contributed by atoms with Gasteiger partial charge in [0.25, 0.3) is 0 Å². The number of ether oxygens (including phenoxy) is 2. The fourth-order valence-corrected chi connectivity index (χ4v) is 3.74. The zero-order valence-electron chi connectivity index (χ0n) is 12.0. The summed E-state index contributed by atoms with van der Waals surface area (Å²) >= 11 is 3.47. The van der Waals surface area contributed by atoms with Crippen LogP contribution in [0.1, 0.15) is 51.2 Å². The molecule has 2 aliphatic heterocycles. The molecule has 20 heavy (non-hydrogen) atoms. The second-order valence-electron chi connectivity index (χ2n) is 6.27. The average molecular weight is 341 g/mol. The van der Waals surface area contributed by atoms with Gasteiger partial charge in [-0.2, -0.15) is 0 Å². The third-order valence-corrected chi connectivity index (χ3v) is 5.17. The second-order valence-corrected chi connectivity index (χ2v) is 7.18. The third-order valence-electron chi connectivity index (χ3n) is 4.68. The number of halogens is 1. The van der Waals surface area contributed by atoms with E-state index in [0.717, 1.165) is 35.0 Å². The summed E-state index contributed by atoms with van der Waals surface area (Å²) in [5.41, 5.74) is 0.445. The minimum atomic E-state index is -0.453. The molecule has 1 saturated heterocycles. The highest BCUT2D eigenvalue weighted by atomic mass is 79.9. The summed E-state index contributed by atoms with van der Waals surface area (Å²) in [6.45, 7) is 4.98. The molecule has 1 fully saturated rings. The molecule has 0 radical (unpaired) electrons. The van der Waals surface area contributed by atoms with Crippen LogP contribution in [0.2, 0.25) is 0 Å². The molecule has 2 unspecified atom stereocenters. The highest BCUT2D eigenvalue weighted by Crippen LogP contribution is 2.48. The Morgan fingerprint density at radius 2 is 2.25 bits per heavy atom. The van der Waals surface area contributed by atoms with Crippen molar-refractivity contribution in [3.05, 3.63) is 28.2 Å². The van der Waals surface area contributed by atoms with E-state index in [2.05, 4.69) is 29.8 Å². The Morgan fingerprint density at radius 3 is 3.00 bits per heavy atom. The minimum absolute atomic E-state index is 0.151. The lowest BCUT2D eigenvalue weighted by Crippen LogP contribution is -2.52. The number of fused-ring (bicyclic) bond motifs is 1. The zero-order valence-corrected chi connectivity index (χ0v) is 13.6. The SMILES string of the molecule is CCC1(C)CC2(CCO1)C[C@H](O)c1ccc(Br)cc1O2. The summed E-state index contributed by atoms with van der Waals surface area (Å²) in [6.07, 6.45) is 2.83. The first-order chi connectivity index (χ1) is 9.45. The Labute approximate surface area is 128 Å². The highest BCUT2D eigenvalue weighted by Gasteiger charge is 2.48. The van der Waals surface area contributed by atoms with Gasteiger partial charge in [0.1, 0.15) is 11.4 Å².